The fraction of sp³-hybridized carbons (Fsp3) is 0.222. The van der Waals surface area contributed by atoms with Crippen LogP contribution in [0.1, 0.15) is 26.3 Å². The summed E-state index contributed by atoms with van der Waals surface area (Å²) < 4.78 is 18.2. The first-order valence-corrected chi connectivity index (χ1v) is 7.14. The molecule has 0 radical (unpaired) electrons. The van der Waals surface area contributed by atoms with Crippen LogP contribution in [0.5, 0.6) is 0 Å². The lowest BCUT2D eigenvalue weighted by atomic mass is 9.87. The van der Waals surface area contributed by atoms with Gasteiger partial charge in [-0.3, -0.25) is 0 Å². The second-order valence-corrected chi connectivity index (χ2v) is 6.26. The van der Waals surface area contributed by atoms with Gasteiger partial charge >= 0.3 is 0 Å². The maximum Gasteiger partial charge on any atom is 0.258 e. The molecule has 0 aliphatic heterocycles. The Kier molecular flexibility index (Phi) is 3.53. The monoisotopic (exact) mass is 296 g/mol. The van der Waals surface area contributed by atoms with Gasteiger partial charge in [0.05, 0.1) is 0 Å². The van der Waals surface area contributed by atoms with E-state index in [1.54, 1.807) is 12.1 Å². The molecule has 0 unspecified atom stereocenters. The third kappa shape index (κ3) is 2.91. The van der Waals surface area contributed by atoms with Crippen molar-refractivity contribution in [2.75, 3.05) is 0 Å². The van der Waals surface area contributed by atoms with E-state index in [1.165, 1.54) is 17.7 Å². The highest BCUT2D eigenvalue weighted by Crippen LogP contribution is 2.26. The lowest BCUT2D eigenvalue weighted by Crippen LogP contribution is -2.10. The summed E-state index contributed by atoms with van der Waals surface area (Å²) in [6.45, 7) is 6.50. The summed E-state index contributed by atoms with van der Waals surface area (Å²) in [5, 5.41) is 3.96. The molecule has 2 aromatic carbocycles. The number of halogens is 1. The van der Waals surface area contributed by atoms with E-state index in [1.807, 2.05) is 12.1 Å². The lowest BCUT2D eigenvalue weighted by Gasteiger charge is -2.18. The van der Waals surface area contributed by atoms with Gasteiger partial charge in [0.1, 0.15) is 5.82 Å². The van der Waals surface area contributed by atoms with E-state index >= 15 is 0 Å². The van der Waals surface area contributed by atoms with Crippen molar-refractivity contribution in [2.45, 2.75) is 26.2 Å². The molecular formula is C18H17FN2O. The molecule has 4 heteroatoms. The summed E-state index contributed by atoms with van der Waals surface area (Å²) in [6, 6.07) is 14.1. The molecule has 0 spiro atoms. The predicted molar refractivity (Wildman–Crippen MR) is 83.8 cm³/mol. The van der Waals surface area contributed by atoms with Gasteiger partial charge in [0.25, 0.3) is 5.89 Å². The standard InChI is InChI=1S/C18H17FN2O/c1-18(2,3)14-8-4-13(5-9-14)17-20-16(21-22-17)12-6-10-15(19)11-7-12/h4-11H,1-3H3. The summed E-state index contributed by atoms with van der Waals surface area (Å²) in [6.07, 6.45) is 0. The zero-order valence-corrected chi connectivity index (χ0v) is 12.8. The van der Waals surface area contributed by atoms with Crippen LogP contribution in [0.2, 0.25) is 0 Å². The zero-order valence-electron chi connectivity index (χ0n) is 12.8. The first-order valence-electron chi connectivity index (χ1n) is 7.14. The summed E-state index contributed by atoms with van der Waals surface area (Å²) in [5.74, 6) is 0.625. The molecular weight excluding hydrogens is 279 g/mol. The minimum Gasteiger partial charge on any atom is -0.334 e. The Balaban J connectivity index is 1.89. The smallest absolute Gasteiger partial charge is 0.258 e. The predicted octanol–water partition coefficient (Wildman–Crippen LogP) is 4.84. The van der Waals surface area contributed by atoms with Crippen LogP contribution < -0.4 is 0 Å². The van der Waals surface area contributed by atoms with Crippen LogP contribution in [0.15, 0.2) is 53.1 Å². The molecule has 3 aromatic rings. The number of nitrogens with zero attached hydrogens (tertiary/aromatic N) is 2. The third-order valence-corrected chi connectivity index (χ3v) is 3.53. The second kappa shape index (κ2) is 5.37. The maximum absolute atomic E-state index is 12.9. The van der Waals surface area contributed by atoms with Gasteiger partial charge in [-0.1, -0.05) is 38.1 Å². The second-order valence-electron chi connectivity index (χ2n) is 6.26. The van der Waals surface area contributed by atoms with Crippen molar-refractivity contribution in [1.82, 2.24) is 10.1 Å². The van der Waals surface area contributed by atoms with Crippen molar-refractivity contribution in [2.24, 2.45) is 0 Å². The van der Waals surface area contributed by atoms with Gasteiger partial charge in [0.15, 0.2) is 0 Å². The van der Waals surface area contributed by atoms with Gasteiger partial charge in [0.2, 0.25) is 5.82 Å². The molecule has 0 saturated carbocycles. The number of aromatic nitrogens is 2. The Morgan fingerprint density at radius 1 is 0.864 bits per heavy atom. The summed E-state index contributed by atoms with van der Waals surface area (Å²) in [7, 11) is 0. The zero-order chi connectivity index (χ0) is 15.7. The van der Waals surface area contributed by atoms with E-state index < -0.39 is 0 Å². The number of hydrogen-bond donors (Lipinski definition) is 0. The molecule has 3 rings (SSSR count). The van der Waals surface area contributed by atoms with Gasteiger partial charge < -0.3 is 4.52 Å². The van der Waals surface area contributed by atoms with Crippen LogP contribution in [0.4, 0.5) is 4.39 Å². The highest BCUT2D eigenvalue weighted by atomic mass is 19.1. The van der Waals surface area contributed by atoms with E-state index in [-0.39, 0.29) is 11.2 Å². The van der Waals surface area contributed by atoms with Gasteiger partial charge in [-0.2, -0.15) is 4.98 Å². The highest BCUT2D eigenvalue weighted by molar-refractivity contribution is 5.60. The minimum atomic E-state index is -0.287. The highest BCUT2D eigenvalue weighted by Gasteiger charge is 2.15. The van der Waals surface area contributed by atoms with Gasteiger partial charge in [0, 0.05) is 11.1 Å². The van der Waals surface area contributed by atoms with Crippen molar-refractivity contribution in [3.8, 4) is 22.8 Å². The summed E-state index contributed by atoms with van der Waals surface area (Å²) in [5.41, 5.74) is 2.94. The molecule has 0 aliphatic carbocycles. The summed E-state index contributed by atoms with van der Waals surface area (Å²) in [4.78, 5) is 4.37. The molecule has 0 amide bonds. The van der Waals surface area contributed by atoms with Crippen LogP contribution in [0.3, 0.4) is 0 Å². The normalized spacial score (nSPS) is 11.6. The van der Waals surface area contributed by atoms with Crippen molar-refractivity contribution in [1.29, 1.82) is 0 Å². The molecule has 0 atom stereocenters. The van der Waals surface area contributed by atoms with Crippen molar-refractivity contribution < 1.29 is 8.91 Å². The van der Waals surface area contributed by atoms with Crippen LogP contribution in [0.25, 0.3) is 22.8 Å². The van der Waals surface area contributed by atoms with E-state index in [0.717, 1.165) is 11.1 Å². The average molecular weight is 296 g/mol. The topological polar surface area (TPSA) is 38.9 Å². The Bertz CT molecular complexity index is 768. The average Bonchev–Trinajstić information content (AvgIpc) is 2.97. The molecule has 1 heterocycles. The largest absolute Gasteiger partial charge is 0.334 e. The molecule has 112 valence electrons. The minimum absolute atomic E-state index is 0.104. The fourth-order valence-corrected chi connectivity index (χ4v) is 2.17. The van der Waals surface area contributed by atoms with Crippen LogP contribution in [0, 0.1) is 5.82 Å². The maximum atomic E-state index is 12.9. The van der Waals surface area contributed by atoms with Crippen molar-refractivity contribution >= 4 is 0 Å². The van der Waals surface area contributed by atoms with Crippen molar-refractivity contribution in [3.63, 3.8) is 0 Å². The van der Waals surface area contributed by atoms with Gasteiger partial charge in [-0.15, -0.1) is 0 Å². The Morgan fingerprint density at radius 2 is 1.45 bits per heavy atom. The number of rotatable bonds is 2. The quantitative estimate of drug-likeness (QED) is 0.679. The SMILES string of the molecule is CC(C)(C)c1ccc(-c2nc(-c3ccc(F)cc3)no2)cc1. The Labute approximate surface area is 128 Å². The van der Waals surface area contributed by atoms with Gasteiger partial charge in [-0.25, -0.2) is 4.39 Å². The van der Waals surface area contributed by atoms with E-state index in [0.29, 0.717) is 11.7 Å². The van der Waals surface area contributed by atoms with Crippen molar-refractivity contribution in [3.05, 3.63) is 59.9 Å². The molecule has 1 aromatic heterocycles. The van der Waals surface area contributed by atoms with Gasteiger partial charge in [-0.05, 0) is 47.4 Å². The summed E-state index contributed by atoms with van der Waals surface area (Å²) >= 11 is 0. The van der Waals surface area contributed by atoms with Crippen LogP contribution in [-0.2, 0) is 5.41 Å². The first-order chi connectivity index (χ1) is 10.4. The first kappa shape index (κ1) is 14.4. The van der Waals surface area contributed by atoms with Crippen LogP contribution >= 0.6 is 0 Å². The molecule has 0 fully saturated rings. The van der Waals surface area contributed by atoms with E-state index in [4.69, 9.17) is 4.52 Å². The third-order valence-electron chi connectivity index (χ3n) is 3.53. The molecule has 22 heavy (non-hydrogen) atoms. The Morgan fingerprint density at radius 3 is 2.05 bits per heavy atom. The number of benzene rings is 2. The molecule has 0 bridgehead atoms. The molecule has 3 nitrogen and oxygen atoms in total. The fourth-order valence-electron chi connectivity index (χ4n) is 2.17. The number of hydrogen-bond acceptors (Lipinski definition) is 3. The molecule has 0 aliphatic rings. The Hall–Kier alpha value is -2.49. The molecule has 0 saturated heterocycles. The lowest BCUT2D eigenvalue weighted by molar-refractivity contribution is 0.432. The van der Waals surface area contributed by atoms with E-state index in [2.05, 4.69) is 43.0 Å². The molecule has 0 N–H and O–H groups in total. The van der Waals surface area contributed by atoms with Crippen LogP contribution in [-0.4, -0.2) is 10.1 Å². The van der Waals surface area contributed by atoms with E-state index in [9.17, 15) is 4.39 Å².